The van der Waals surface area contributed by atoms with Crippen molar-refractivity contribution < 1.29 is 33.3 Å². The third-order valence-electron chi connectivity index (χ3n) is 7.18. The van der Waals surface area contributed by atoms with Crippen LogP contribution in [0.5, 0.6) is 17.2 Å². The van der Waals surface area contributed by atoms with Gasteiger partial charge in [0, 0.05) is 18.4 Å². The normalized spacial score (nSPS) is 14.2. The van der Waals surface area contributed by atoms with E-state index in [1.54, 1.807) is 67.6 Å². The van der Waals surface area contributed by atoms with Crippen LogP contribution in [0, 0.1) is 0 Å². The number of benzene rings is 3. The van der Waals surface area contributed by atoms with Gasteiger partial charge in [-0.1, -0.05) is 53.8 Å². The van der Waals surface area contributed by atoms with Crippen LogP contribution in [0.1, 0.15) is 31.0 Å². The number of thiazole rings is 1. The van der Waals surface area contributed by atoms with Crippen molar-refractivity contribution in [2.24, 2.45) is 4.99 Å². The second kappa shape index (κ2) is 15.4. The van der Waals surface area contributed by atoms with E-state index in [9.17, 15) is 14.4 Å². The predicted molar refractivity (Wildman–Crippen MR) is 178 cm³/mol. The number of anilines is 1. The van der Waals surface area contributed by atoms with E-state index >= 15 is 0 Å². The molecule has 1 aromatic heterocycles. The number of carbonyl (C=O) groups excluding carboxylic acids is 2. The first-order chi connectivity index (χ1) is 22.8. The molecule has 0 unspecified atom stereocenters. The van der Waals surface area contributed by atoms with Crippen molar-refractivity contribution in [1.29, 1.82) is 0 Å². The summed E-state index contributed by atoms with van der Waals surface area (Å²) in [5.74, 6) is 0.494. The molecule has 0 fully saturated rings. The molecule has 0 spiro atoms. The molecule has 1 aliphatic rings. The highest BCUT2D eigenvalue weighted by molar-refractivity contribution is 7.07. The number of ether oxygens (including phenoxy) is 5. The Morgan fingerprint density at radius 3 is 2.45 bits per heavy atom. The van der Waals surface area contributed by atoms with Crippen LogP contribution in [0.3, 0.4) is 0 Å². The number of esters is 1. The maximum absolute atomic E-state index is 14.1. The van der Waals surface area contributed by atoms with Crippen LogP contribution in [-0.2, 0) is 19.1 Å². The van der Waals surface area contributed by atoms with Crippen LogP contribution >= 0.6 is 11.3 Å². The van der Waals surface area contributed by atoms with E-state index < -0.39 is 12.0 Å². The molecule has 1 aliphatic heterocycles. The minimum absolute atomic E-state index is 0.0388. The highest BCUT2D eigenvalue weighted by atomic mass is 32.1. The fraction of sp³-hybridized carbons (Fsp3) is 0.257. The first kappa shape index (κ1) is 33.2. The second-order valence-electron chi connectivity index (χ2n) is 10.3. The van der Waals surface area contributed by atoms with Crippen molar-refractivity contribution in [3.05, 3.63) is 115 Å². The monoisotopic (exact) mass is 657 g/mol. The summed E-state index contributed by atoms with van der Waals surface area (Å²) in [7, 11) is 3.05. The van der Waals surface area contributed by atoms with Crippen molar-refractivity contribution in [3.63, 3.8) is 0 Å². The first-order valence-corrected chi connectivity index (χ1v) is 15.7. The summed E-state index contributed by atoms with van der Waals surface area (Å²) in [6.45, 7) is 4.00. The number of methoxy groups -OCH3 is 2. The Bertz CT molecular complexity index is 1950. The maximum Gasteiger partial charge on any atom is 0.338 e. The zero-order valence-corrected chi connectivity index (χ0v) is 27.3. The van der Waals surface area contributed by atoms with Crippen LogP contribution in [0.25, 0.3) is 6.08 Å². The molecule has 0 saturated carbocycles. The van der Waals surface area contributed by atoms with Gasteiger partial charge in [-0.05, 0) is 55.8 Å². The van der Waals surface area contributed by atoms with E-state index in [0.29, 0.717) is 50.1 Å². The molecule has 1 amide bonds. The number of rotatable bonds is 13. The lowest BCUT2D eigenvalue weighted by atomic mass is 9.94. The molecule has 5 rings (SSSR count). The van der Waals surface area contributed by atoms with Crippen LogP contribution in [-0.4, -0.2) is 57.1 Å². The number of carbonyl (C=O) groups is 2. The molecule has 1 N–H and O–H groups in total. The van der Waals surface area contributed by atoms with Gasteiger partial charge in [0.05, 0.1) is 36.1 Å². The van der Waals surface area contributed by atoms with Gasteiger partial charge in [0.2, 0.25) is 0 Å². The lowest BCUT2D eigenvalue weighted by Crippen LogP contribution is -2.40. The van der Waals surface area contributed by atoms with Gasteiger partial charge in [0.25, 0.3) is 11.5 Å². The number of amides is 1. The third-order valence-corrected chi connectivity index (χ3v) is 8.16. The molecular weight excluding hydrogens is 622 g/mol. The molecule has 2 heterocycles. The number of fused-ring (bicyclic) bond motifs is 1. The lowest BCUT2D eigenvalue weighted by molar-refractivity contribution is -0.140. The molecular formula is C35H35N3O8S. The number of hydrogen-bond donors (Lipinski definition) is 1. The molecule has 4 aromatic rings. The van der Waals surface area contributed by atoms with Crippen LogP contribution in [0.4, 0.5) is 5.69 Å². The summed E-state index contributed by atoms with van der Waals surface area (Å²) in [4.78, 5) is 45.0. The maximum atomic E-state index is 14.1. The molecule has 0 saturated heterocycles. The second-order valence-corrected chi connectivity index (χ2v) is 11.3. The van der Waals surface area contributed by atoms with Crippen molar-refractivity contribution in [2.75, 3.05) is 46.0 Å². The number of nitrogens with zero attached hydrogens (tertiary/aromatic N) is 2. The zero-order chi connectivity index (χ0) is 33.3. The van der Waals surface area contributed by atoms with Crippen molar-refractivity contribution in [3.8, 4) is 17.2 Å². The van der Waals surface area contributed by atoms with Gasteiger partial charge in [-0.2, -0.15) is 0 Å². The van der Waals surface area contributed by atoms with E-state index in [0.717, 1.165) is 5.56 Å². The van der Waals surface area contributed by atoms with Crippen LogP contribution < -0.4 is 34.4 Å². The molecule has 0 aliphatic carbocycles. The summed E-state index contributed by atoms with van der Waals surface area (Å²) in [6, 6.07) is 20.6. The summed E-state index contributed by atoms with van der Waals surface area (Å²) in [5.41, 5.74) is 2.28. The topological polar surface area (TPSA) is 127 Å². The molecule has 1 atom stereocenters. The van der Waals surface area contributed by atoms with Crippen molar-refractivity contribution >= 4 is 35.0 Å². The fourth-order valence-corrected chi connectivity index (χ4v) is 6.11. The number of allylic oxidation sites excluding steroid dienone is 1. The summed E-state index contributed by atoms with van der Waals surface area (Å²) >= 11 is 1.21. The number of para-hydroxylation sites is 2. The smallest absolute Gasteiger partial charge is 0.338 e. The number of nitrogens with one attached hydrogen (secondary N) is 1. The summed E-state index contributed by atoms with van der Waals surface area (Å²) < 4.78 is 29.7. The van der Waals surface area contributed by atoms with Gasteiger partial charge in [-0.3, -0.25) is 14.2 Å². The Kier molecular flexibility index (Phi) is 10.9. The number of aromatic nitrogens is 1. The van der Waals surface area contributed by atoms with Crippen molar-refractivity contribution in [2.45, 2.75) is 19.9 Å². The molecule has 0 radical (unpaired) electrons. The van der Waals surface area contributed by atoms with Crippen molar-refractivity contribution in [1.82, 2.24) is 4.57 Å². The van der Waals surface area contributed by atoms with E-state index in [-0.39, 0.29) is 36.9 Å². The summed E-state index contributed by atoms with van der Waals surface area (Å²) in [6.07, 6.45) is 1.75. The Morgan fingerprint density at radius 2 is 1.74 bits per heavy atom. The van der Waals surface area contributed by atoms with Gasteiger partial charge in [0.15, 0.2) is 22.9 Å². The molecule has 3 aromatic carbocycles. The van der Waals surface area contributed by atoms with Crippen LogP contribution in [0.15, 0.2) is 93.9 Å². The Morgan fingerprint density at radius 1 is 0.979 bits per heavy atom. The average molecular weight is 658 g/mol. The average Bonchev–Trinajstić information content (AvgIpc) is 3.38. The Hall–Kier alpha value is -5.20. The molecule has 47 heavy (non-hydrogen) atoms. The SMILES string of the molecule is CCOc1c(OC)cccc1[C@@H]1C(C(=O)OCCOC)=C(C)N=c2s/c(=C/c3ccc(OCC(=O)Nc4ccccc4)cc3)c(=O)n21. The molecule has 11 nitrogen and oxygen atoms in total. The Labute approximate surface area is 275 Å². The van der Waals surface area contributed by atoms with Gasteiger partial charge < -0.3 is 29.0 Å². The van der Waals surface area contributed by atoms with Gasteiger partial charge in [-0.25, -0.2) is 9.79 Å². The van der Waals surface area contributed by atoms with Gasteiger partial charge in [0.1, 0.15) is 18.4 Å². The lowest BCUT2D eigenvalue weighted by Gasteiger charge is -2.27. The minimum atomic E-state index is -0.891. The zero-order valence-electron chi connectivity index (χ0n) is 26.5. The predicted octanol–water partition coefficient (Wildman–Crippen LogP) is 3.85. The van der Waals surface area contributed by atoms with E-state index in [1.165, 1.54) is 30.1 Å². The van der Waals surface area contributed by atoms with E-state index in [2.05, 4.69) is 10.3 Å². The van der Waals surface area contributed by atoms with E-state index in [4.69, 9.17) is 23.7 Å². The molecule has 244 valence electrons. The largest absolute Gasteiger partial charge is 0.493 e. The van der Waals surface area contributed by atoms with Crippen LogP contribution in [0.2, 0.25) is 0 Å². The minimum Gasteiger partial charge on any atom is -0.493 e. The quantitative estimate of drug-likeness (QED) is 0.170. The molecule has 12 heteroatoms. The highest BCUT2D eigenvalue weighted by Crippen LogP contribution is 2.40. The first-order valence-electron chi connectivity index (χ1n) is 14.9. The van der Waals surface area contributed by atoms with E-state index in [1.807, 2.05) is 25.1 Å². The van der Waals surface area contributed by atoms with Gasteiger partial charge >= 0.3 is 5.97 Å². The third kappa shape index (κ3) is 7.62. The van der Waals surface area contributed by atoms with Gasteiger partial charge in [-0.15, -0.1) is 0 Å². The standard InChI is InChI=1S/C35H35N3O8S/c1-5-44-32-26(12-9-13-27(32)43-4)31-30(34(41)45-19-18-42-3)22(2)36-35-38(31)33(40)28(47-35)20-23-14-16-25(17-15-23)46-21-29(39)37-24-10-7-6-8-11-24/h6-17,20,31H,5,18-19,21H2,1-4H3,(H,37,39)/b28-20+/t31-/m1/s1. The Balaban J connectivity index is 1.48. The fourth-order valence-electron chi connectivity index (χ4n) is 5.06. The molecule has 0 bridgehead atoms. The number of hydrogen-bond acceptors (Lipinski definition) is 10. The highest BCUT2D eigenvalue weighted by Gasteiger charge is 2.36. The summed E-state index contributed by atoms with van der Waals surface area (Å²) in [5, 5.41) is 2.78.